The summed E-state index contributed by atoms with van der Waals surface area (Å²) >= 11 is 0. The molecule has 1 unspecified atom stereocenters. The molecule has 2 aliphatic rings. The van der Waals surface area contributed by atoms with Crippen molar-refractivity contribution >= 4 is 11.9 Å². The molecule has 30 heavy (non-hydrogen) atoms. The molecule has 2 heterocycles. The average molecular weight is 418 g/mol. The molecule has 2 fully saturated rings. The molecule has 1 aliphatic heterocycles. The minimum Gasteiger partial charge on any atom is -0.469 e. The van der Waals surface area contributed by atoms with E-state index in [1.165, 1.54) is 19.4 Å². The lowest BCUT2D eigenvalue weighted by Crippen LogP contribution is -2.46. The molecule has 1 saturated carbocycles. The van der Waals surface area contributed by atoms with Gasteiger partial charge in [-0.1, -0.05) is 19.8 Å². The normalized spacial score (nSPS) is 21.7. The van der Waals surface area contributed by atoms with Crippen LogP contribution in [0.4, 0.5) is 0 Å². The van der Waals surface area contributed by atoms with E-state index in [4.69, 9.17) is 9.41 Å². The number of aliphatic imine (C=N–C) groups is 1. The molecule has 168 valence electrons. The minimum absolute atomic E-state index is 0.214. The fraction of sp³-hybridized carbons (Fsp3) is 0.739. The van der Waals surface area contributed by atoms with Crippen molar-refractivity contribution in [3.8, 4) is 0 Å². The zero-order valence-electron chi connectivity index (χ0n) is 19.0. The Hall–Kier alpha value is -2.02. The maximum absolute atomic E-state index is 12.9. The molecule has 2 N–H and O–H groups in total. The Kier molecular flexibility index (Phi) is 8.19. The summed E-state index contributed by atoms with van der Waals surface area (Å²) in [6.07, 6.45) is 9.08. The summed E-state index contributed by atoms with van der Waals surface area (Å²) in [6.45, 7) is 6.67. The lowest BCUT2D eigenvalue weighted by molar-refractivity contribution is -0.138. The number of likely N-dealkylation sites (tertiary alicyclic amines) is 1. The molecular formula is C23H39N5O2. The maximum atomic E-state index is 12.9. The summed E-state index contributed by atoms with van der Waals surface area (Å²) in [5.74, 6) is 1.99. The van der Waals surface area contributed by atoms with Gasteiger partial charge in [-0.2, -0.15) is 0 Å². The first-order valence-corrected chi connectivity index (χ1v) is 11.5. The van der Waals surface area contributed by atoms with Gasteiger partial charge in [0, 0.05) is 39.6 Å². The number of furan rings is 1. The lowest BCUT2D eigenvalue weighted by Gasteiger charge is -2.29. The molecule has 1 saturated heterocycles. The number of hydrogen-bond acceptors (Lipinski definition) is 4. The van der Waals surface area contributed by atoms with Gasteiger partial charge in [0.1, 0.15) is 5.76 Å². The zero-order chi connectivity index (χ0) is 21.4. The first kappa shape index (κ1) is 22.7. The van der Waals surface area contributed by atoms with Gasteiger partial charge >= 0.3 is 0 Å². The third-order valence-corrected chi connectivity index (χ3v) is 6.61. The van der Waals surface area contributed by atoms with E-state index in [-0.39, 0.29) is 11.3 Å². The third kappa shape index (κ3) is 5.78. The van der Waals surface area contributed by atoms with Crippen molar-refractivity contribution in [2.45, 2.75) is 57.9 Å². The molecule has 1 atom stereocenters. The second-order valence-electron chi connectivity index (χ2n) is 8.91. The van der Waals surface area contributed by atoms with Crippen LogP contribution in [-0.2, 0) is 11.2 Å². The second kappa shape index (κ2) is 10.8. The largest absolute Gasteiger partial charge is 0.469 e. The number of rotatable bonds is 9. The van der Waals surface area contributed by atoms with Crippen molar-refractivity contribution in [2.24, 2.45) is 10.4 Å². The molecule has 1 amide bonds. The number of likely N-dealkylation sites (N-methyl/N-ethyl adjacent to an activating group) is 1. The number of nitrogens with zero attached hydrogens (tertiary/aromatic N) is 3. The molecule has 0 spiro atoms. The van der Waals surface area contributed by atoms with Crippen LogP contribution in [-0.4, -0.2) is 74.5 Å². The SMILES string of the molecule is CCN1CCCC1CNC(=NCC1(C(=O)N(C)C)CCCC1)NCCc1ccco1. The summed E-state index contributed by atoms with van der Waals surface area (Å²) in [5, 5.41) is 7.02. The molecule has 7 nitrogen and oxygen atoms in total. The van der Waals surface area contributed by atoms with Crippen LogP contribution in [0.15, 0.2) is 27.8 Å². The smallest absolute Gasteiger partial charge is 0.230 e. The van der Waals surface area contributed by atoms with Crippen LogP contribution in [0, 0.1) is 5.41 Å². The lowest BCUT2D eigenvalue weighted by atomic mass is 9.85. The summed E-state index contributed by atoms with van der Waals surface area (Å²) in [5.41, 5.74) is -0.345. The molecular weight excluding hydrogens is 378 g/mol. The number of nitrogens with one attached hydrogen (secondary N) is 2. The highest BCUT2D eigenvalue weighted by molar-refractivity contribution is 5.84. The van der Waals surface area contributed by atoms with Gasteiger partial charge in [0.25, 0.3) is 0 Å². The fourth-order valence-electron chi connectivity index (χ4n) is 4.89. The Bertz CT molecular complexity index is 680. The van der Waals surface area contributed by atoms with Crippen molar-refractivity contribution in [1.29, 1.82) is 0 Å². The number of hydrogen-bond donors (Lipinski definition) is 2. The summed E-state index contributed by atoms with van der Waals surface area (Å²) in [6, 6.07) is 4.46. The van der Waals surface area contributed by atoms with Gasteiger partial charge in [0.15, 0.2) is 5.96 Å². The van der Waals surface area contributed by atoms with E-state index in [0.29, 0.717) is 12.6 Å². The summed E-state index contributed by atoms with van der Waals surface area (Å²) < 4.78 is 5.44. The van der Waals surface area contributed by atoms with Crippen LogP contribution in [0.1, 0.15) is 51.2 Å². The topological polar surface area (TPSA) is 73.1 Å². The standard InChI is InChI=1S/C23H39N5O2/c1-4-28-15-7-9-19(28)17-25-22(24-14-11-20-10-8-16-30-20)26-18-23(12-5-6-13-23)21(29)27(2)3/h8,10,16,19H,4-7,9,11-15,17-18H2,1-3H3,(H2,24,25,26). The zero-order valence-corrected chi connectivity index (χ0v) is 19.0. The Labute approximate surface area is 181 Å². The highest BCUT2D eigenvalue weighted by Gasteiger charge is 2.42. The van der Waals surface area contributed by atoms with E-state index in [9.17, 15) is 4.79 Å². The van der Waals surface area contributed by atoms with Crippen LogP contribution in [0.3, 0.4) is 0 Å². The quantitative estimate of drug-likeness (QED) is 0.477. The maximum Gasteiger partial charge on any atom is 0.230 e. The summed E-state index contributed by atoms with van der Waals surface area (Å²) in [7, 11) is 3.71. The number of carbonyl (C=O) groups is 1. The predicted molar refractivity (Wildman–Crippen MR) is 121 cm³/mol. The molecule has 0 radical (unpaired) electrons. The van der Waals surface area contributed by atoms with Crippen molar-refractivity contribution in [2.75, 3.05) is 46.8 Å². The Morgan fingerprint density at radius 2 is 2.10 bits per heavy atom. The van der Waals surface area contributed by atoms with E-state index in [0.717, 1.165) is 63.5 Å². The monoisotopic (exact) mass is 417 g/mol. The first-order valence-electron chi connectivity index (χ1n) is 11.5. The van der Waals surface area contributed by atoms with Gasteiger partial charge in [-0.15, -0.1) is 0 Å². The van der Waals surface area contributed by atoms with Crippen LogP contribution in [0.5, 0.6) is 0 Å². The van der Waals surface area contributed by atoms with Crippen LogP contribution in [0.25, 0.3) is 0 Å². The van der Waals surface area contributed by atoms with E-state index in [1.807, 2.05) is 26.2 Å². The van der Waals surface area contributed by atoms with E-state index in [2.05, 4.69) is 22.5 Å². The molecule has 7 heteroatoms. The van der Waals surface area contributed by atoms with Gasteiger partial charge in [0.05, 0.1) is 18.2 Å². The van der Waals surface area contributed by atoms with Crippen molar-refractivity contribution in [1.82, 2.24) is 20.4 Å². The van der Waals surface area contributed by atoms with Crippen molar-refractivity contribution < 1.29 is 9.21 Å². The number of amides is 1. The Balaban J connectivity index is 1.64. The van der Waals surface area contributed by atoms with Crippen LogP contribution in [0.2, 0.25) is 0 Å². The molecule has 0 bridgehead atoms. The number of carbonyl (C=O) groups excluding carboxylic acids is 1. The van der Waals surface area contributed by atoms with Crippen LogP contribution >= 0.6 is 0 Å². The van der Waals surface area contributed by atoms with Gasteiger partial charge in [0.2, 0.25) is 5.91 Å². The molecule has 3 rings (SSSR count). The van der Waals surface area contributed by atoms with E-state index in [1.54, 1.807) is 11.2 Å². The molecule has 0 aromatic carbocycles. The minimum atomic E-state index is -0.345. The Morgan fingerprint density at radius 1 is 1.30 bits per heavy atom. The predicted octanol–water partition coefficient (Wildman–Crippen LogP) is 2.49. The first-order chi connectivity index (χ1) is 14.5. The fourth-order valence-corrected chi connectivity index (χ4v) is 4.89. The molecule has 1 aromatic heterocycles. The van der Waals surface area contributed by atoms with Crippen LogP contribution < -0.4 is 10.6 Å². The second-order valence-corrected chi connectivity index (χ2v) is 8.91. The number of guanidine groups is 1. The third-order valence-electron chi connectivity index (χ3n) is 6.61. The Morgan fingerprint density at radius 3 is 2.77 bits per heavy atom. The van der Waals surface area contributed by atoms with Crippen molar-refractivity contribution in [3.63, 3.8) is 0 Å². The molecule has 1 aliphatic carbocycles. The van der Waals surface area contributed by atoms with Gasteiger partial charge in [-0.25, -0.2) is 0 Å². The summed E-state index contributed by atoms with van der Waals surface area (Å²) in [4.78, 5) is 22.1. The van der Waals surface area contributed by atoms with E-state index < -0.39 is 0 Å². The molecule has 1 aromatic rings. The highest BCUT2D eigenvalue weighted by atomic mass is 16.3. The van der Waals surface area contributed by atoms with Gasteiger partial charge in [-0.3, -0.25) is 14.7 Å². The van der Waals surface area contributed by atoms with Crippen molar-refractivity contribution in [3.05, 3.63) is 24.2 Å². The average Bonchev–Trinajstić information content (AvgIpc) is 3.51. The van der Waals surface area contributed by atoms with E-state index >= 15 is 0 Å². The van der Waals surface area contributed by atoms with Gasteiger partial charge < -0.3 is 20.0 Å². The van der Waals surface area contributed by atoms with Gasteiger partial charge in [-0.05, 0) is 50.9 Å². The highest BCUT2D eigenvalue weighted by Crippen LogP contribution is 2.39.